The third-order valence-corrected chi connectivity index (χ3v) is 7.13. The minimum atomic E-state index is -0.309. The van der Waals surface area contributed by atoms with Crippen molar-refractivity contribution in [2.24, 2.45) is 5.92 Å². The van der Waals surface area contributed by atoms with E-state index >= 15 is 0 Å². The van der Waals surface area contributed by atoms with E-state index in [1.165, 1.54) is 6.07 Å². The molecule has 1 aromatic heterocycles. The third-order valence-electron chi connectivity index (χ3n) is 7.13. The zero-order chi connectivity index (χ0) is 22.2. The maximum atomic E-state index is 14.4. The summed E-state index contributed by atoms with van der Waals surface area (Å²) in [4.78, 5) is 17.9. The molecule has 7 heteroatoms. The van der Waals surface area contributed by atoms with E-state index in [-0.39, 0.29) is 23.9 Å². The van der Waals surface area contributed by atoms with Gasteiger partial charge >= 0.3 is 0 Å². The highest BCUT2D eigenvalue weighted by atomic mass is 19.1. The summed E-state index contributed by atoms with van der Waals surface area (Å²) >= 11 is 0. The Kier molecular flexibility index (Phi) is 6.03. The second-order valence-corrected chi connectivity index (χ2v) is 9.70. The number of rotatable bonds is 4. The second kappa shape index (κ2) is 8.94. The molecule has 1 aromatic carbocycles. The van der Waals surface area contributed by atoms with Crippen molar-refractivity contribution in [3.8, 4) is 5.69 Å². The number of piperidine rings is 1. The molecule has 2 saturated heterocycles. The van der Waals surface area contributed by atoms with Gasteiger partial charge in [-0.2, -0.15) is 5.10 Å². The van der Waals surface area contributed by atoms with Crippen molar-refractivity contribution >= 4 is 5.91 Å². The molecule has 1 aliphatic carbocycles. The Labute approximate surface area is 189 Å². The summed E-state index contributed by atoms with van der Waals surface area (Å²) < 4.78 is 21.9. The first-order valence-electron chi connectivity index (χ1n) is 12.0. The van der Waals surface area contributed by atoms with Gasteiger partial charge < -0.3 is 9.64 Å². The maximum Gasteiger partial charge on any atom is 0.274 e. The number of likely N-dealkylation sites (tertiary alicyclic amines) is 1. The lowest BCUT2D eigenvalue weighted by Crippen LogP contribution is -2.48. The second-order valence-electron chi connectivity index (χ2n) is 9.70. The zero-order valence-corrected chi connectivity index (χ0v) is 19.1. The van der Waals surface area contributed by atoms with Crippen molar-refractivity contribution in [2.45, 2.75) is 58.2 Å². The molecular formula is C25H33FN4O2. The lowest BCUT2D eigenvalue weighted by molar-refractivity contribution is -0.0728. The van der Waals surface area contributed by atoms with Crippen LogP contribution in [0.4, 0.5) is 4.39 Å². The van der Waals surface area contributed by atoms with Crippen molar-refractivity contribution in [3.05, 3.63) is 47.0 Å². The lowest BCUT2D eigenvalue weighted by atomic mass is 9.95. The lowest BCUT2D eigenvalue weighted by Gasteiger charge is -2.39. The Bertz CT molecular complexity index is 972. The number of benzene rings is 1. The van der Waals surface area contributed by atoms with Crippen molar-refractivity contribution in [2.75, 3.05) is 32.7 Å². The molecule has 2 aromatic rings. The number of fused-ring (bicyclic) bond motifs is 1. The van der Waals surface area contributed by atoms with E-state index in [0.29, 0.717) is 17.3 Å². The molecule has 0 radical (unpaired) electrons. The van der Waals surface area contributed by atoms with E-state index in [2.05, 4.69) is 23.8 Å². The molecule has 2 aliphatic heterocycles. The summed E-state index contributed by atoms with van der Waals surface area (Å²) in [5.74, 6) is 0.305. The number of nitrogens with zero attached hydrogens (tertiary/aromatic N) is 4. The van der Waals surface area contributed by atoms with Crippen LogP contribution in [0.5, 0.6) is 0 Å². The fourth-order valence-corrected chi connectivity index (χ4v) is 5.70. The molecule has 2 unspecified atom stereocenters. The number of hydrogen-bond donors (Lipinski definition) is 0. The number of carbonyl (C=O) groups excluding carboxylic acids is 1. The number of morpholine rings is 1. The van der Waals surface area contributed by atoms with Crippen LogP contribution in [0.2, 0.25) is 0 Å². The predicted octanol–water partition coefficient (Wildman–Crippen LogP) is 3.46. The quantitative estimate of drug-likeness (QED) is 0.731. The van der Waals surface area contributed by atoms with E-state index in [9.17, 15) is 9.18 Å². The topological polar surface area (TPSA) is 50.6 Å². The molecule has 2 atom stereocenters. The van der Waals surface area contributed by atoms with Gasteiger partial charge in [0.2, 0.25) is 0 Å². The molecule has 3 heterocycles. The number of halogens is 1. The van der Waals surface area contributed by atoms with E-state index in [1.807, 2.05) is 11.0 Å². The molecule has 6 nitrogen and oxygen atoms in total. The Morgan fingerprint density at radius 1 is 1.12 bits per heavy atom. The molecule has 32 heavy (non-hydrogen) atoms. The molecule has 0 N–H and O–H groups in total. The van der Waals surface area contributed by atoms with Gasteiger partial charge in [-0.25, -0.2) is 9.07 Å². The predicted molar refractivity (Wildman–Crippen MR) is 121 cm³/mol. The molecule has 3 aliphatic rings. The number of hydrogen-bond acceptors (Lipinski definition) is 4. The fourth-order valence-electron chi connectivity index (χ4n) is 5.70. The molecule has 0 spiro atoms. The first-order chi connectivity index (χ1) is 15.5. The normalized spacial score (nSPS) is 24.7. The van der Waals surface area contributed by atoms with Gasteiger partial charge in [-0.15, -0.1) is 0 Å². The summed E-state index contributed by atoms with van der Waals surface area (Å²) in [6.07, 6.45) is 5.26. The van der Waals surface area contributed by atoms with Crippen LogP contribution in [-0.2, 0) is 17.6 Å². The van der Waals surface area contributed by atoms with E-state index < -0.39 is 0 Å². The maximum absolute atomic E-state index is 14.4. The number of ether oxygens (including phenoxy) is 1. The van der Waals surface area contributed by atoms with Gasteiger partial charge in [-0.1, -0.05) is 12.1 Å². The zero-order valence-electron chi connectivity index (χ0n) is 19.1. The smallest absolute Gasteiger partial charge is 0.274 e. The van der Waals surface area contributed by atoms with Crippen LogP contribution in [0.25, 0.3) is 5.69 Å². The third kappa shape index (κ3) is 4.20. The average molecular weight is 441 g/mol. The van der Waals surface area contributed by atoms with Crippen LogP contribution in [0.1, 0.15) is 54.9 Å². The molecule has 5 rings (SSSR count). The number of aromatic nitrogens is 2. The van der Waals surface area contributed by atoms with E-state index in [0.717, 1.165) is 76.1 Å². The van der Waals surface area contributed by atoms with Crippen LogP contribution in [-0.4, -0.2) is 70.4 Å². The summed E-state index contributed by atoms with van der Waals surface area (Å²) in [6, 6.07) is 6.66. The van der Waals surface area contributed by atoms with Crippen molar-refractivity contribution in [1.29, 1.82) is 0 Å². The minimum absolute atomic E-state index is 0.00491. The number of amides is 1. The first kappa shape index (κ1) is 21.6. The van der Waals surface area contributed by atoms with Gasteiger partial charge in [-0.3, -0.25) is 9.69 Å². The molecular weight excluding hydrogens is 407 g/mol. The Morgan fingerprint density at radius 3 is 2.56 bits per heavy atom. The summed E-state index contributed by atoms with van der Waals surface area (Å²) in [7, 11) is 0. The van der Waals surface area contributed by atoms with Gasteiger partial charge in [0.25, 0.3) is 5.91 Å². The van der Waals surface area contributed by atoms with Crippen LogP contribution in [0.3, 0.4) is 0 Å². The van der Waals surface area contributed by atoms with Crippen LogP contribution in [0.15, 0.2) is 24.3 Å². The number of para-hydroxylation sites is 1. The molecule has 2 fully saturated rings. The van der Waals surface area contributed by atoms with Crippen molar-refractivity contribution < 1.29 is 13.9 Å². The van der Waals surface area contributed by atoms with Gasteiger partial charge in [0.15, 0.2) is 5.69 Å². The van der Waals surface area contributed by atoms with Crippen LogP contribution >= 0.6 is 0 Å². The molecule has 0 saturated carbocycles. The summed E-state index contributed by atoms with van der Waals surface area (Å²) in [5.41, 5.74) is 2.95. The minimum Gasteiger partial charge on any atom is -0.373 e. The fraction of sp³-hybridized carbons (Fsp3) is 0.600. The number of carbonyl (C=O) groups is 1. The van der Waals surface area contributed by atoms with Crippen LogP contribution in [0, 0.1) is 11.7 Å². The summed E-state index contributed by atoms with van der Waals surface area (Å²) in [5, 5.41) is 4.63. The standard InChI is InChI=1S/C25H33FN4O2/c1-17-14-28(15-18(2)32-17)16-19-10-12-29(13-11-19)25(31)24-20-6-5-9-22(20)30(27-24)23-8-4-3-7-21(23)26/h3-4,7-8,17-19H,5-6,9-16H2,1-2H3. The highest BCUT2D eigenvalue weighted by Crippen LogP contribution is 2.30. The summed E-state index contributed by atoms with van der Waals surface area (Å²) in [6.45, 7) is 8.87. The van der Waals surface area contributed by atoms with Gasteiger partial charge in [0, 0.05) is 44.0 Å². The van der Waals surface area contributed by atoms with E-state index in [1.54, 1.807) is 16.8 Å². The Balaban J connectivity index is 1.26. The van der Waals surface area contributed by atoms with Crippen molar-refractivity contribution in [1.82, 2.24) is 19.6 Å². The average Bonchev–Trinajstić information content (AvgIpc) is 3.37. The van der Waals surface area contributed by atoms with Crippen molar-refractivity contribution in [3.63, 3.8) is 0 Å². The Morgan fingerprint density at radius 2 is 1.84 bits per heavy atom. The van der Waals surface area contributed by atoms with E-state index in [4.69, 9.17) is 4.74 Å². The first-order valence-corrected chi connectivity index (χ1v) is 12.0. The molecule has 0 bridgehead atoms. The van der Waals surface area contributed by atoms with Gasteiger partial charge in [0.1, 0.15) is 11.5 Å². The van der Waals surface area contributed by atoms with Crippen LogP contribution < -0.4 is 0 Å². The van der Waals surface area contributed by atoms with Gasteiger partial charge in [-0.05, 0) is 64.0 Å². The molecule has 172 valence electrons. The Hall–Kier alpha value is -2.25. The van der Waals surface area contributed by atoms with Gasteiger partial charge in [0.05, 0.1) is 12.2 Å². The molecule has 1 amide bonds. The highest BCUT2D eigenvalue weighted by Gasteiger charge is 2.33. The highest BCUT2D eigenvalue weighted by molar-refractivity contribution is 5.94. The largest absolute Gasteiger partial charge is 0.373 e. The monoisotopic (exact) mass is 440 g/mol. The SMILES string of the molecule is CC1CN(CC2CCN(C(=O)c3nn(-c4ccccc4F)c4c3CCC4)CC2)CC(C)O1.